The SMILES string of the molecule is CC1CCc2cc(C(O)C(C)[N+]34CCN(O3)C(c3ccccc3)C4)ccc2S1. The highest BCUT2D eigenvalue weighted by Crippen LogP contribution is 2.44. The number of aliphatic hydroxyl groups excluding tert-OH is 1. The van der Waals surface area contributed by atoms with Crippen LogP contribution < -0.4 is 0 Å². The number of hydrogen-bond acceptors (Lipinski definition) is 4. The Bertz CT molecular complexity index is 861. The van der Waals surface area contributed by atoms with Crippen molar-refractivity contribution in [3.05, 3.63) is 65.2 Å². The summed E-state index contributed by atoms with van der Waals surface area (Å²) >= 11 is 1.96. The largest absolute Gasteiger partial charge is 0.382 e. The van der Waals surface area contributed by atoms with Crippen LogP contribution in [0.3, 0.4) is 0 Å². The van der Waals surface area contributed by atoms with E-state index in [4.69, 9.17) is 4.94 Å². The van der Waals surface area contributed by atoms with Crippen LogP contribution in [0.5, 0.6) is 0 Å². The summed E-state index contributed by atoms with van der Waals surface area (Å²) in [6.07, 6.45) is 1.80. The Hall–Kier alpha value is -1.37. The van der Waals surface area contributed by atoms with Gasteiger partial charge in [0.25, 0.3) is 0 Å². The first-order valence-electron chi connectivity index (χ1n) is 10.4. The third kappa shape index (κ3) is 3.10. The average Bonchev–Trinajstić information content (AvgIpc) is 3.33. The van der Waals surface area contributed by atoms with Crippen molar-refractivity contribution in [2.75, 3.05) is 19.6 Å². The highest BCUT2D eigenvalue weighted by Gasteiger charge is 2.57. The van der Waals surface area contributed by atoms with Gasteiger partial charge in [-0.3, -0.25) is 0 Å². The van der Waals surface area contributed by atoms with Crippen LogP contribution in [0.15, 0.2) is 53.4 Å². The smallest absolute Gasteiger partial charge is 0.148 e. The molecule has 6 unspecified atom stereocenters. The van der Waals surface area contributed by atoms with E-state index in [0.29, 0.717) is 9.90 Å². The molecule has 0 radical (unpaired) electrons. The number of thioether (sulfide) groups is 1. The zero-order valence-corrected chi connectivity index (χ0v) is 17.4. The van der Waals surface area contributed by atoms with Crippen LogP contribution in [-0.2, 0) is 11.4 Å². The number of aliphatic hydroxyl groups is 1. The maximum atomic E-state index is 11.3. The average molecular weight is 398 g/mol. The van der Waals surface area contributed by atoms with Gasteiger partial charge in [0, 0.05) is 10.1 Å². The molecule has 2 aromatic rings. The van der Waals surface area contributed by atoms with Crippen molar-refractivity contribution < 1.29 is 14.7 Å². The van der Waals surface area contributed by atoms with E-state index in [2.05, 4.69) is 67.4 Å². The Morgan fingerprint density at radius 3 is 2.86 bits per heavy atom. The molecule has 5 rings (SSSR count). The Morgan fingerprint density at radius 1 is 1.21 bits per heavy atom. The Kier molecular flexibility index (Phi) is 4.76. The number of benzene rings is 2. The predicted octanol–water partition coefficient (Wildman–Crippen LogP) is 4.27. The third-order valence-corrected chi connectivity index (χ3v) is 8.04. The van der Waals surface area contributed by atoms with E-state index in [0.717, 1.165) is 31.6 Å². The number of fused-ring (bicyclic) bond motifs is 3. The Balaban J connectivity index is 1.37. The lowest BCUT2D eigenvalue weighted by molar-refractivity contribution is -1.11. The van der Waals surface area contributed by atoms with Gasteiger partial charge in [0.2, 0.25) is 0 Å². The highest BCUT2D eigenvalue weighted by molar-refractivity contribution is 8.00. The Morgan fingerprint density at radius 2 is 2.04 bits per heavy atom. The van der Waals surface area contributed by atoms with Crippen LogP contribution in [0.1, 0.15) is 49.1 Å². The van der Waals surface area contributed by atoms with Crippen molar-refractivity contribution in [2.24, 2.45) is 0 Å². The topological polar surface area (TPSA) is 32.7 Å². The van der Waals surface area contributed by atoms with E-state index in [1.165, 1.54) is 22.4 Å². The van der Waals surface area contributed by atoms with E-state index in [-0.39, 0.29) is 12.1 Å². The van der Waals surface area contributed by atoms with E-state index in [1.807, 2.05) is 11.8 Å². The fourth-order valence-corrected chi connectivity index (χ4v) is 6.06. The van der Waals surface area contributed by atoms with Crippen LogP contribution in [0.4, 0.5) is 0 Å². The molecule has 0 spiro atoms. The van der Waals surface area contributed by atoms with Gasteiger partial charge in [-0.25, -0.2) is 0 Å². The van der Waals surface area contributed by atoms with Gasteiger partial charge in [-0.1, -0.05) is 49.4 Å². The van der Waals surface area contributed by atoms with Gasteiger partial charge >= 0.3 is 0 Å². The summed E-state index contributed by atoms with van der Waals surface area (Å²) < 4.78 is 0.517. The molecule has 3 heterocycles. The quantitative estimate of drug-likeness (QED) is 0.781. The molecule has 0 amide bonds. The second kappa shape index (κ2) is 7.15. The molecule has 2 fully saturated rings. The number of hydrogen-bond donors (Lipinski definition) is 1. The zero-order valence-electron chi connectivity index (χ0n) is 16.6. The number of hydroxylamine groups is 5. The van der Waals surface area contributed by atoms with Gasteiger partial charge in [0.1, 0.15) is 31.3 Å². The predicted molar refractivity (Wildman–Crippen MR) is 111 cm³/mol. The van der Waals surface area contributed by atoms with Crippen molar-refractivity contribution >= 4 is 11.8 Å². The first-order chi connectivity index (χ1) is 13.6. The van der Waals surface area contributed by atoms with Gasteiger partial charge in [-0.2, -0.15) is 4.65 Å². The lowest BCUT2D eigenvalue weighted by Crippen LogP contribution is -2.53. The van der Waals surface area contributed by atoms with Crippen LogP contribution >= 0.6 is 11.8 Å². The van der Waals surface area contributed by atoms with Gasteiger partial charge in [-0.15, -0.1) is 21.8 Å². The molecular formula is C23H29N2O2S+. The molecule has 4 nitrogen and oxygen atoms in total. The van der Waals surface area contributed by atoms with Crippen LogP contribution in [0.2, 0.25) is 0 Å². The van der Waals surface area contributed by atoms with Crippen molar-refractivity contribution in [1.82, 2.24) is 5.06 Å². The standard InChI is InChI=1S/C23H29N2O2S/c1-16-8-9-19-14-20(10-11-22(19)28-16)23(26)17(2)25-13-12-24(27-25)21(15-25)18-6-4-3-5-7-18/h3-7,10-11,14,16-17,21,23,26H,8-9,12-13,15H2,1-2H3/q+1. The molecule has 3 aliphatic rings. The lowest BCUT2D eigenvalue weighted by Gasteiger charge is -2.35. The van der Waals surface area contributed by atoms with E-state index in [9.17, 15) is 5.11 Å². The number of aryl methyl sites for hydroxylation is 1. The molecule has 5 heteroatoms. The lowest BCUT2D eigenvalue weighted by atomic mass is 9.96. The van der Waals surface area contributed by atoms with Gasteiger partial charge < -0.3 is 5.11 Å². The monoisotopic (exact) mass is 397 g/mol. The molecular weight excluding hydrogens is 368 g/mol. The van der Waals surface area contributed by atoms with Crippen LogP contribution in [-0.4, -0.2) is 45.7 Å². The van der Waals surface area contributed by atoms with Gasteiger partial charge in [-0.05, 0) is 42.5 Å². The normalized spacial score (nSPS) is 33.5. The summed E-state index contributed by atoms with van der Waals surface area (Å²) in [6, 6.07) is 17.4. The molecule has 6 atom stereocenters. The van der Waals surface area contributed by atoms with Crippen LogP contribution in [0.25, 0.3) is 0 Å². The molecule has 0 aromatic heterocycles. The molecule has 0 saturated carbocycles. The fourth-order valence-electron chi connectivity index (χ4n) is 4.93. The number of piperazine rings is 1. The van der Waals surface area contributed by atoms with E-state index >= 15 is 0 Å². The minimum atomic E-state index is -0.524. The number of rotatable bonds is 4. The summed E-state index contributed by atoms with van der Waals surface area (Å²) in [6.45, 7) is 7.16. The minimum Gasteiger partial charge on any atom is -0.382 e. The first-order valence-corrected chi connectivity index (χ1v) is 11.3. The maximum absolute atomic E-state index is 11.3. The highest BCUT2D eigenvalue weighted by atomic mass is 32.2. The molecule has 28 heavy (non-hydrogen) atoms. The summed E-state index contributed by atoms with van der Waals surface area (Å²) in [7, 11) is 0. The summed E-state index contributed by atoms with van der Waals surface area (Å²) in [5.41, 5.74) is 3.71. The molecule has 2 aromatic carbocycles. The van der Waals surface area contributed by atoms with Crippen molar-refractivity contribution in [2.45, 2.75) is 55.0 Å². The molecule has 2 saturated heterocycles. The Labute approximate surface area is 171 Å². The van der Waals surface area contributed by atoms with Crippen LogP contribution in [0, 0.1) is 0 Å². The summed E-state index contributed by atoms with van der Waals surface area (Å²) in [5.74, 6) is 0. The molecule has 0 aliphatic carbocycles. The molecule has 3 aliphatic heterocycles. The van der Waals surface area contributed by atoms with Crippen molar-refractivity contribution in [3.8, 4) is 0 Å². The fraction of sp³-hybridized carbons (Fsp3) is 0.478. The first kappa shape index (κ1) is 18.6. The third-order valence-electron chi connectivity index (χ3n) is 6.75. The second-order valence-corrected chi connectivity index (χ2v) is 10.0. The number of nitrogens with zero attached hydrogens (tertiary/aromatic N) is 2. The maximum Gasteiger partial charge on any atom is 0.148 e. The van der Waals surface area contributed by atoms with Gasteiger partial charge in [0.05, 0.1) is 6.54 Å². The summed E-state index contributed by atoms with van der Waals surface area (Å²) in [5, 5.41) is 14.1. The molecule has 1 N–H and O–H groups in total. The molecule has 148 valence electrons. The van der Waals surface area contributed by atoms with Crippen molar-refractivity contribution in [1.29, 1.82) is 0 Å². The van der Waals surface area contributed by atoms with E-state index < -0.39 is 6.10 Å². The van der Waals surface area contributed by atoms with Gasteiger partial charge in [0.15, 0.2) is 0 Å². The number of quaternary nitrogens is 1. The molecule has 2 bridgehead atoms. The zero-order chi connectivity index (χ0) is 19.3. The van der Waals surface area contributed by atoms with E-state index in [1.54, 1.807) is 0 Å². The summed E-state index contributed by atoms with van der Waals surface area (Å²) in [4.78, 5) is 7.74. The van der Waals surface area contributed by atoms with Crippen molar-refractivity contribution in [3.63, 3.8) is 0 Å². The second-order valence-electron chi connectivity index (χ2n) is 8.53. The minimum absolute atomic E-state index is 0.00747.